The fourth-order valence-electron chi connectivity index (χ4n) is 12.8. The minimum absolute atomic E-state index is 0.00137. The number of hydrogen-bond donors (Lipinski definition) is 6. The minimum Gasteiger partial charge on any atom is -0.463 e. The molecule has 1 aromatic carbocycles. The summed E-state index contributed by atoms with van der Waals surface area (Å²) in [4.78, 5) is 198. The number of nitrogens with one attached hydrogen (secondary N) is 5. The van der Waals surface area contributed by atoms with Gasteiger partial charge in [0.15, 0.2) is 0 Å². The molecule has 2 aliphatic rings. The number of esters is 1. The Morgan fingerprint density at radius 2 is 1.06 bits per heavy atom. The summed E-state index contributed by atoms with van der Waals surface area (Å²) in [7, 11) is 9.41. The van der Waals surface area contributed by atoms with Crippen LogP contribution >= 0.6 is 0 Å². The maximum Gasteiger partial charge on any atom is 0.442 e. The summed E-state index contributed by atoms with van der Waals surface area (Å²) in [5, 5.41) is 31.9. The molecule has 1 saturated heterocycles. The van der Waals surface area contributed by atoms with Gasteiger partial charge in [-0.15, -0.1) is 10.2 Å². The summed E-state index contributed by atoms with van der Waals surface area (Å²) in [5.41, 5.74) is -2.98. The number of ether oxygens (including phenoxy) is 1. The quantitative estimate of drug-likeness (QED) is 0.0467. The molecule has 2 aliphatic heterocycles. The van der Waals surface area contributed by atoms with Crippen LogP contribution in [-0.4, -0.2) is 258 Å². The summed E-state index contributed by atoms with van der Waals surface area (Å²) < 4.78 is 46.5. The number of alkyl halides is 3. The van der Waals surface area contributed by atoms with Crippen LogP contribution in [-0.2, 0) is 67.9 Å². The number of nitrogens with zero attached hydrogens (tertiary/aromatic N) is 9. The Hall–Kier alpha value is -8.58. The summed E-state index contributed by atoms with van der Waals surface area (Å²) in [6.45, 7) is 25.9. The molecule has 0 aliphatic carbocycles. The van der Waals surface area contributed by atoms with E-state index in [1.807, 2.05) is 27.7 Å². The molecule has 3 rings (SSSR count). The van der Waals surface area contributed by atoms with E-state index in [0.29, 0.717) is 0 Å². The zero-order chi connectivity index (χ0) is 81.8. The lowest BCUT2D eigenvalue weighted by Crippen LogP contribution is -2.63. The summed E-state index contributed by atoms with van der Waals surface area (Å²) in [6, 6.07) is -9.72. The summed E-state index contributed by atoms with van der Waals surface area (Å²) >= 11 is 0. The highest BCUT2D eigenvalue weighted by atomic mass is 19.4. The van der Waals surface area contributed by atoms with E-state index in [-0.39, 0.29) is 92.7 Å². The van der Waals surface area contributed by atoms with Gasteiger partial charge in [0.05, 0.1) is 12.6 Å². The Balaban J connectivity index is 2.29. The Kier molecular flexibility index (Phi) is 35.6. The van der Waals surface area contributed by atoms with Gasteiger partial charge in [0.1, 0.15) is 67.0 Å². The smallest absolute Gasteiger partial charge is 0.442 e. The molecule has 0 saturated carbocycles. The van der Waals surface area contributed by atoms with E-state index >= 15 is 19.2 Å². The van der Waals surface area contributed by atoms with Crippen LogP contribution in [0.5, 0.6) is 0 Å². The molecule has 0 radical (unpaired) electrons. The maximum atomic E-state index is 15.4. The molecular formula is C75H121F3N14O15. The molecule has 0 spiro atoms. The van der Waals surface area contributed by atoms with E-state index < -0.39 is 186 Å². The number of amides is 12. The monoisotopic (exact) mass is 1510 g/mol. The van der Waals surface area contributed by atoms with Crippen molar-refractivity contribution < 1.29 is 85.3 Å². The van der Waals surface area contributed by atoms with Crippen molar-refractivity contribution in [2.45, 2.75) is 241 Å². The highest BCUT2D eigenvalue weighted by Crippen LogP contribution is 2.52. The molecule has 29 nitrogen and oxygen atoms in total. The van der Waals surface area contributed by atoms with Crippen LogP contribution in [0.15, 0.2) is 46.6 Å². The van der Waals surface area contributed by atoms with Gasteiger partial charge in [-0.25, -0.2) is 0 Å². The van der Waals surface area contributed by atoms with Crippen molar-refractivity contribution in [1.29, 1.82) is 0 Å². The number of benzene rings is 1. The number of aliphatic hydroxyl groups is 1. The molecule has 32 heteroatoms. The molecule has 12 amide bonds. The van der Waals surface area contributed by atoms with Crippen LogP contribution < -0.4 is 26.6 Å². The van der Waals surface area contributed by atoms with Crippen molar-refractivity contribution in [3.05, 3.63) is 47.5 Å². The Labute approximate surface area is 629 Å². The van der Waals surface area contributed by atoms with Crippen molar-refractivity contribution in [3.8, 4) is 0 Å². The number of carbonyl (C=O) groups excluding carboxylic acids is 13. The Morgan fingerprint density at radius 3 is 1.53 bits per heavy atom. The first-order valence-electron chi connectivity index (χ1n) is 37.0. The lowest BCUT2D eigenvalue weighted by Gasteiger charge is -2.41. The summed E-state index contributed by atoms with van der Waals surface area (Å²) in [6.07, 6.45) is -2.93. The third-order valence-corrected chi connectivity index (χ3v) is 19.5. The van der Waals surface area contributed by atoms with E-state index in [1.54, 1.807) is 88.3 Å². The van der Waals surface area contributed by atoms with Gasteiger partial charge in [-0.1, -0.05) is 121 Å². The number of allylic oxidation sites excluding steroid dienone is 2. The SMILES string of the molecule is C/C=C/CC(C)C(O)C1C(=O)NC(CC)C(=O)N(C)CC(=O)N(C)C(CC(C)C)C(=O)NC(C(C)C)C(=O)N(C)C(CC(C)C)C(=O)NC(C)C(=O)NC(COC(=O)CCCNC(=O)c2ccc(C3(C(F)(F)F)N=N3)cc2)C(=O)N(C)C(CC(C)C)C(=O)N(C)C(CC(C)C)C(=O)N(C)C(C(C)C)C(=O)N1C. The molecule has 602 valence electrons. The number of carbonyl (C=O) groups is 13. The van der Waals surface area contributed by atoms with Crippen molar-refractivity contribution in [2.24, 2.45) is 51.7 Å². The first-order valence-corrected chi connectivity index (χ1v) is 37.0. The average Bonchev–Trinajstić information content (AvgIpc) is 1.58. The second kappa shape index (κ2) is 41.1. The van der Waals surface area contributed by atoms with Gasteiger partial charge in [-0.05, 0) is 112 Å². The van der Waals surface area contributed by atoms with Crippen molar-refractivity contribution in [3.63, 3.8) is 0 Å². The standard InChI is InChI=1S/C75H121F3N14O15/c1-24-26-28-47(15)62(95)61-67(100)81-51(25-2)68(101)86(17)39-57(93)87(18)53(35-41(3)4)66(99)83-59(45(11)12)72(105)88(19)54(36-42(5)6)65(98)80-48(16)63(96)82-52(40-107-58(94)29-27-34-79-64(97)49-30-32-50(33-31-49)74(84-85-74)75(76,77)78)69(102)89(20)55(37-43(7)8)70(103)90(21)56(38-44(9)10)71(104)91(22)60(46(13)14)73(106)92(61)23/h24,26,30-33,41-48,51-56,59-62,95H,25,27-29,34-40H2,1-23H3,(H,79,97)(H,80,98)(H,81,100)(H,82,96)(H,83,99)/b26-24+. The third-order valence-electron chi connectivity index (χ3n) is 19.5. The third kappa shape index (κ3) is 25.3. The van der Waals surface area contributed by atoms with Crippen LogP contribution in [0.1, 0.15) is 178 Å². The molecule has 12 unspecified atom stereocenters. The van der Waals surface area contributed by atoms with Crippen molar-refractivity contribution >= 4 is 76.9 Å². The fourth-order valence-corrected chi connectivity index (χ4v) is 12.8. The minimum atomic E-state index is -4.78. The molecule has 12 atom stereocenters. The molecule has 6 N–H and O–H groups in total. The topological polar surface area (TPSA) is 359 Å². The second-order valence-electron chi connectivity index (χ2n) is 30.9. The van der Waals surface area contributed by atoms with Gasteiger partial charge in [-0.3, -0.25) is 62.3 Å². The number of hydrogen-bond acceptors (Lipinski definition) is 17. The first-order chi connectivity index (χ1) is 49.6. The lowest BCUT2D eigenvalue weighted by atomic mass is 9.91. The molecule has 0 bridgehead atoms. The number of rotatable bonds is 23. The predicted octanol–water partition coefficient (Wildman–Crippen LogP) is 5.18. The van der Waals surface area contributed by atoms with E-state index in [0.717, 1.165) is 36.6 Å². The number of aliphatic hydroxyl groups excluding tert-OH is 1. The van der Waals surface area contributed by atoms with Crippen LogP contribution in [0.4, 0.5) is 13.2 Å². The van der Waals surface area contributed by atoms with E-state index in [9.17, 15) is 61.4 Å². The Bertz CT molecular complexity index is 3320. The number of likely N-dealkylation sites (N-methyl/N-ethyl adjacent to an activating group) is 7. The largest absolute Gasteiger partial charge is 0.463 e. The van der Waals surface area contributed by atoms with Gasteiger partial charge >= 0.3 is 17.8 Å². The highest BCUT2D eigenvalue weighted by molar-refractivity contribution is 6.00. The molecule has 0 aromatic heterocycles. The molecule has 2 heterocycles. The zero-order valence-corrected chi connectivity index (χ0v) is 67.0. The Morgan fingerprint density at radius 1 is 0.589 bits per heavy atom. The summed E-state index contributed by atoms with van der Waals surface area (Å²) in [5.74, 6) is -13.5. The van der Waals surface area contributed by atoms with E-state index in [2.05, 4.69) is 36.8 Å². The van der Waals surface area contributed by atoms with E-state index in [1.165, 1.54) is 78.2 Å². The van der Waals surface area contributed by atoms with Gasteiger partial charge in [-0.2, -0.15) is 13.2 Å². The fraction of sp³-hybridized carbons (Fsp3) is 0.720. The first kappa shape index (κ1) is 92.6. The molecule has 1 aromatic rings. The van der Waals surface area contributed by atoms with Crippen LogP contribution in [0, 0.1) is 41.4 Å². The number of halogens is 3. The van der Waals surface area contributed by atoms with E-state index in [4.69, 9.17) is 4.74 Å². The van der Waals surface area contributed by atoms with Gasteiger partial charge < -0.3 is 70.7 Å². The normalized spacial score (nSPS) is 24.7. The van der Waals surface area contributed by atoms with Crippen LogP contribution in [0.3, 0.4) is 0 Å². The van der Waals surface area contributed by atoms with Gasteiger partial charge in [0, 0.05) is 73.4 Å². The van der Waals surface area contributed by atoms with Crippen molar-refractivity contribution in [1.82, 2.24) is 60.9 Å². The zero-order valence-electron chi connectivity index (χ0n) is 67.0. The van der Waals surface area contributed by atoms with Gasteiger partial charge in [0.25, 0.3) is 5.91 Å². The molecule has 107 heavy (non-hydrogen) atoms. The molecular weight excluding hydrogens is 1390 g/mol. The molecule has 1 fully saturated rings. The van der Waals surface area contributed by atoms with Crippen LogP contribution in [0.2, 0.25) is 0 Å². The van der Waals surface area contributed by atoms with Crippen molar-refractivity contribution in [2.75, 3.05) is 69.0 Å². The second-order valence-corrected chi connectivity index (χ2v) is 30.9. The predicted molar refractivity (Wildman–Crippen MR) is 394 cm³/mol. The van der Waals surface area contributed by atoms with Crippen LogP contribution in [0.25, 0.3) is 0 Å². The average molecular weight is 1520 g/mol. The van der Waals surface area contributed by atoms with Gasteiger partial charge in [0.2, 0.25) is 65.0 Å². The maximum absolute atomic E-state index is 15.4. The highest BCUT2D eigenvalue weighted by Gasteiger charge is 2.65. The lowest BCUT2D eigenvalue weighted by molar-refractivity contribution is -0.166.